The van der Waals surface area contributed by atoms with Crippen LogP contribution >= 0.6 is 0 Å². The van der Waals surface area contributed by atoms with Crippen molar-refractivity contribution in [3.05, 3.63) is 0 Å². The van der Waals surface area contributed by atoms with Gasteiger partial charge in [0.25, 0.3) is 0 Å². The van der Waals surface area contributed by atoms with Crippen molar-refractivity contribution in [1.82, 2.24) is 10.6 Å². The minimum absolute atomic E-state index is 0. The van der Waals surface area contributed by atoms with Gasteiger partial charge in [-0.3, -0.25) is 0 Å². The topological polar surface area (TPSA) is 24.1 Å². The summed E-state index contributed by atoms with van der Waals surface area (Å²) in [6.45, 7) is 2.22. The normalized spacial score (nSPS) is 10.3. The van der Waals surface area contributed by atoms with Crippen LogP contribution in [0.5, 0.6) is 0 Å². The Hall–Kier alpha value is 0.00935. The van der Waals surface area contributed by atoms with E-state index in [2.05, 4.69) is 10.6 Å². The van der Waals surface area contributed by atoms with Gasteiger partial charge in [-0.2, -0.15) is 0 Å². The molecule has 0 aromatic rings. The van der Waals surface area contributed by atoms with Crippen molar-refractivity contribution in [2.24, 2.45) is 0 Å². The van der Waals surface area contributed by atoms with Crippen LogP contribution in [0.4, 0.5) is 34.5 Å². The van der Waals surface area contributed by atoms with Crippen LogP contribution in [0.3, 0.4) is 0 Å². The summed E-state index contributed by atoms with van der Waals surface area (Å²) >= 11 is 0. The van der Waals surface area contributed by atoms with Crippen LogP contribution in [0.2, 0.25) is 0 Å². The Morgan fingerprint density at radius 3 is 0.944 bits per heavy atom. The van der Waals surface area contributed by atoms with Crippen LogP contribution in [-0.4, -0.2) is 41.7 Å². The second-order valence-electron chi connectivity index (χ2n) is 2.55. The first-order valence-corrected chi connectivity index (χ1v) is 4.45. The van der Waals surface area contributed by atoms with Crippen LogP contribution in [0, 0.1) is 0 Å². The van der Waals surface area contributed by atoms with Gasteiger partial charge in [0.1, 0.15) is 0 Å². The van der Waals surface area contributed by atoms with Gasteiger partial charge in [-0.15, -0.1) is 0 Å². The van der Waals surface area contributed by atoms with Crippen molar-refractivity contribution < 1.29 is 51.6 Å². The molecule has 117 valence electrons. The van der Waals surface area contributed by atoms with E-state index >= 15 is 0 Å². The Morgan fingerprint density at radius 2 is 0.833 bits per heavy atom. The summed E-state index contributed by atoms with van der Waals surface area (Å²) < 4.78 is 78.0. The predicted molar refractivity (Wildman–Crippen MR) is 52.8 cm³/mol. The Labute approximate surface area is 111 Å². The largest absolute Gasteiger partial charge is 2.00 e. The van der Waals surface area contributed by atoms with Gasteiger partial charge < -0.3 is 45.2 Å². The van der Waals surface area contributed by atoms with E-state index in [-0.39, 0.29) is 17.1 Å². The molecule has 0 spiro atoms. The minimum atomic E-state index is -6.00. The Balaban J connectivity index is -0.0000000813. The average molecular weight is 339 g/mol. The summed E-state index contributed by atoms with van der Waals surface area (Å²) in [7, 11) is -8.06. The maximum Gasteiger partial charge on any atom is 2.00 e. The summed E-state index contributed by atoms with van der Waals surface area (Å²) in [5.74, 6) is 0. The van der Waals surface area contributed by atoms with Crippen LogP contribution < -0.4 is 10.6 Å². The first-order valence-electron chi connectivity index (χ1n) is 4.45. The third-order valence-corrected chi connectivity index (χ3v) is 0.854. The molecule has 0 aliphatic heterocycles. The molecule has 0 bridgehead atoms. The van der Waals surface area contributed by atoms with E-state index in [0.29, 0.717) is 0 Å². The van der Waals surface area contributed by atoms with Gasteiger partial charge in [-0.1, -0.05) is 0 Å². The van der Waals surface area contributed by atoms with Crippen LogP contribution in [0.25, 0.3) is 0 Å². The second-order valence-corrected chi connectivity index (χ2v) is 2.55. The van der Waals surface area contributed by atoms with Gasteiger partial charge in [-0.05, 0) is 33.6 Å². The molecule has 13 heteroatoms. The predicted octanol–water partition coefficient (Wildman–Crippen LogP) is 2.41. The van der Waals surface area contributed by atoms with E-state index in [4.69, 9.17) is 0 Å². The molecule has 0 aromatic carbocycles. The molecule has 1 radical (unpaired) electrons. The molecule has 0 saturated heterocycles. The molecule has 0 aliphatic rings. The molecule has 2 nitrogen and oxygen atoms in total. The van der Waals surface area contributed by atoms with Crippen molar-refractivity contribution in [2.45, 2.75) is 6.42 Å². The van der Waals surface area contributed by atoms with E-state index < -0.39 is 14.5 Å². The molecule has 0 aliphatic carbocycles. The third kappa shape index (κ3) is 224. The van der Waals surface area contributed by atoms with Crippen molar-refractivity contribution in [3.63, 3.8) is 0 Å². The number of rotatable bonds is 4. The fraction of sp³-hybridized carbons (Fsp3) is 1.00. The zero-order valence-corrected chi connectivity index (χ0v) is 10.5. The molecular formula is C5H14B2CuF8N2. The number of hydrogen-bond donors (Lipinski definition) is 2. The minimum Gasteiger partial charge on any atom is -0.418 e. The van der Waals surface area contributed by atoms with E-state index in [1.165, 1.54) is 6.42 Å². The van der Waals surface area contributed by atoms with Crippen LogP contribution in [-0.2, 0) is 17.1 Å². The molecule has 0 unspecified atom stereocenters. The van der Waals surface area contributed by atoms with E-state index in [0.717, 1.165) is 13.1 Å². The first-order chi connectivity index (χ1) is 7.41. The monoisotopic (exact) mass is 339 g/mol. The summed E-state index contributed by atoms with van der Waals surface area (Å²) in [6.07, 6.45) is 1.22. The van der Waals surface area contributed by atoms with Gasteiger partial charge >= 0.3 is 31.6 Å². The Morgan fingerprint density at radius 1 is 0.667 bits per heavy atom. The quantitative estimate of drug-likeness (QED) is 0.467. The van der Waals surface area contributed by atoms with Crippen molar-refractivity contribution in [3.8, 4) is 0 Å². The maximum absolute atomic E-state index is 9.75. The summed E-state index contributed by atoms with van der Waals surface area (Å²) in [5.41, 5.74) is 0. The van der Waals surface area contributed by atoms with Gasteiger partial charge in [0.05, 0.1) is 0 Å². The third-order valence-electron chi connectivity index (χ3n) is 0.854. The zero-order valence-electron chi connectivity index (χ0n) is 9.60. The first kappa shape index (κ1) is 26.5. The number of hydrogen-bond acceptors (Lipinski definition) is 2. The fourth-order valence-corrected chi connectivity index (χ4v) is 0.442. The fourth-order valence-electron chi connectivity index (χ4n) is 0.442. The molecule has 0 atom stereocenters. The summed E-state index contributed by atoms with van der Waals surface area (Å²) in [4.78, 5) is 0. The molecule has 0 fully saturated rings. The SMILES string of the molecule is CNCCCNC.F[B-](F)(F)F.F[B-](F)(F)F.[Cu+2]. The van der Waals surface area contributed by atoms with Crippen LogP contribution in [0.1, 0.15) is 6.42 Å². The van der Waals surface area contributed by atoms with E-state index in [1.54, 1.807) is 0 Å². The number of halogens is 8. The van der Waals surface area contributed by atoms with E-state index in [9.17, 15) is 34.5 Å². The van der Waals surface area contributed by atoms with Gasteiger partial charge in [0.15, 0.2) is 0 Å². The smallest absolute Gasteiger partial charge is 0.418 e. The van der Waals surface area contributed by atoms with Crippen molar-refractivity contribution >= 4 is 14.5 Å². The number of nitrogens with one attached hydrogen (secondary N) is 2. The van der Waals surface area contributed by atoms with Crippen molar-refractivity contribution in [1.29, 1.82) is 0 Å². The Bertz CT molecular complexity index is 127. The molecule has 0 saturated carbocycles. The molecule has 0 aromatic heterocycles. The van der Waals surface area contributed by atoms with Gasteiger partial charge in [0, 0.05) is 0 Å². The van der Waals surface area contributed by atoms with Crippen molar-refractivity contribution in [2.75, 3.05) is 27.2 Å². The zero-order chi connectivity index (χ0) is 14.5. The molecular weight excluding hydrogens is 325 g/mol. The second kappa shape index (κ2) is 15.1. The maximum atomic E-state index is 9.75. The molecule has 0 heterocycles. The summed E-state index contributed by atoms with van der Waals surface area (Å²) in [6, 6.07) is 0. The summed E-state index contributed by atoms with van der Waals surface area (Å²) in [5, 5.41) is 6.12. The molecule has 0 amide bonds. The van der Waals surface area contributed by atoms with Crippen LogP contribution in [0.15, 0.2) is 0 Å². The molecule has 2 N–H and O–H groups in total. The molecule has 18 heavy (non-hydrogen) atoms. The van der Waals surface area contributed by atoms with Gasteiger partial charge in [-0.25, -0.2) is 0 Å². The van der Waals surface area contributed by atoms with E-state index in [1.807, 2.05) is 14.1 Å². The standard InChI is InChI=1S/C5H14N2.2BF4.Cu/c1-6-4-3-5-7-2;2*2-1(3,4)5;/h6-7H,3-5H2,1-2H3;;;/q;2*-1;+2. The molecule has 0 rings (SSSR count). The van der Waals surface area contributed by atoms with Gasteiger partial charge in [0.2, 0.25) is 0 Å². The average Bonchev–Trinajstić information content (AvgIpc) is 1.99. The Kier molecular flexibility index (Phi) is 22.2.